The van der Waals surface area contributed by atoms with Crippen LogP contribution in [0.5, 0.6) is 0 Å². The van der Waals surface area contributed by atoms with Crippen LogP contribution < -0.4 is 9.66 Å². The van der Waals surface area contributed by atoms with Crippen LogP contribution in [0, 0.1) is 0 Å². The molecule has 0 bridgehead atoms. The van der Waals surface area contributed by atoms with Gasteiger partial charge in [-0.05, 0) is 0 Å². The highest BCUT2D eigenvalue weighted by Gasteiger charge is 1.90. The van der Waals surface area contributed by atoms with E-state index in [2.05, 4.69) is 25.8 Å². The van der Waals surface area contributed by atoms with Crippen LogP contribution in [0.2, 0.25) is 0 Å². The molecule has 0 heterocycles. The second-order valence-corrected chi connectivity index (χ2v) is 0.945. The van der Waals surface area contributed by atoms with Gasteiger partial charge in [0.05, 0.1) is 16.1 Å². The monoisotopic (exact) mass is 150 g/mol. The van der Waals surface area contributed by atoms with E-state index in [9.17, 15) is 4.79 Å². The Morgan fingerprint density at radius 3 is 2.33 bits per heavy atom. The lowest BCUT2D eigenvalue weighted by Gasteiger charge is -1.81. The third kappa shape index (κ3) is 2.02. The second-order valence-electron chi connectivity index (χ2n) is 0.591. The Balaban J connectivity index is 2.99. The number of amides is 2. The predicted molar refractivity (Wildman–Crippen MR) is 24.5 cm³/mol. The fourth-order valence-corrected chi connectivity index (χ4v) is 0.196. The summed E-state index contributed by atoms with van der Waals surface area (Å²) in [4.78, 5) is 9.80. The van der Waals surface area contributed by atoms with Crippen LogP contribution in [-0.4, -0.2) is 13.1 Å². The summed E-state index contributed by atoms with van der Waals surface area (Å²) in [6, 6.07) is -0.491. The van der Waals surface area contributed by atoms with Crippen LogP contribution in [-0.2, 0) is 0 Å². The molecule has 0 aliphatic rings. The number of urea groups is 1. The number of nitrogens with zero attached hydrogens (tertiary/aromatic N) is 2. The average molecular weight is 151 g/mol. The molecule has 0 atom stereocenters. The molecule has 2 radical (unpaired) electrons. The molecular weight excluding hydrogens is 148 g/mol. The molecule has 0 aliphatic heterocycles. The molecule has 0 spiro atoms. The minimum Gasteiger partial charge on any atom is -0.244 e. The van der Waals surface area contributed by atoms with Gasteiger partial charge in [0.2, 0.25) is 0 Å². The second kappa shape index (κ2) is 2.96. The molecule has 4 heteroatoms. The van der Waals surface area contributed by atoms with Crippen LogP contribution in [0.3, 0.4) is 0 Å². The van der Waals surface area contributed by atoms with Crippen LogP contribution >= 0.6 is 16.1 Å². The van der Waals surface area contributed by atoms with E-state index in [-0.39, 0.29) is 0 Å². The Morgan fingerprint density at radius 2 is 2.33 bits per heavy atom. The number of halogens is 1. The zero-order chi connectivity index (χ0) is 4.99. The fourth-order valence-electron chi connectivity index (χ4n) is 0.0378. The molecule has 3 nitrogen and oxygen atoms in total. The molecule has 0 aromatic rings. The summed E-state index contributed by atoms with van der Waals surface area (Å²) in [6.07, 6.45) is 0. The number of rotatable bonds is 0. The van der Waals surface area contributed by atoms with Gasteiger partial charge in [0.1, 0.15) is 0 Å². The van der Waals surface area contributed by atoms with Crippen LogP contribution in [0.15, 0.2) is 0 Å². The number of carbonyl (C=O) groups excluding carboxylic acids is 1. The molecule has 0 N–H and O–H groups in total. The standard InChI is InChI=1S/C2H3BrN2O/c1-4-2(6)5-3/h1H3. The summed E-state index contributed by atoms with van der Waals surface area (Å²) in [6.45, 7) is 0. The van der Waals surface area contributed by atoms with E-state index in [1.165, 1.54) is 7.05 Å². The zero-order valence-corrected chi connectivity index (χ0v) is 4.77. The van der Waals surface area contributed by atoms with Gasteiger partial charge in [-0.3, -0.25) is 0 Å². The molecule has 0 unspecified atom stereocenters. The maximum atomic E-state index is 9.80. The molecule has 6 heavy (non-hydrogen) atoms. The van der Waals surface area contributed by atoms with Crippen molar-refractivity contribution in [3.05, 3.63) is 0 Å². The summed E-state index contributed by atoms with van der Waals surface area (Å²) in [5.74, 6) is 0. The first-order valence-electron chi connectivity index (χ1n) is 1.27. The highest BCUT2D eigenvalue weighted by molar-refractivity contribution is 9.08. The van der Waals surface area contributed by atoms with Crippen LogP contribution in [0.4, 0.5) is 4.79 Å². The van der Waals surface area contributed by atoms with E-state index in [1.807, 2.05) is 0 Å². The van der Waals surface area contributed by atoms with Crippen molar-refractivity contribution in [1.29, 1.82) is 0 Å². The Hall–Kier alpha value is -0.250. The fraction of sp³-hybridized carbons (Fsp3) is 0.500. The van der Waals surface area contributed by atoms with Gasteiger partial charge in [-0.15, -0.1) is 4.34 Å². The minimum absolute atomic E-state index is 0.491. The first-order chi connectivity index (χ1) is 2.81. The van der Waals surface area contributed by atoms with Gasteiger partial charge in [-0.25, -0.2) is 10.1 Å². The normalized spacial score (nSPS) is 7.00. The van der Waals surface area contributed by atoms with Crippen molar-refractivity contribution in [1.82, 2.24) is 9.66 Å². The molecule has 0 aromatic heterocycles. The molecule has 0 fully saturated rings. The Bertz CT molecular complexity index is 49.5. The highest BCUT2D eigenvalue weighted by Crippen LogP contribution is 1.71. The first-order valence-corrected chi connectivity index (χ1v) is 1.98. The van der Waals surface area contributed by atoms with E-state index in [0.29, 0.717) is 0 Å². The maximum Gasteiger partial charge on any atom is 0.369 e. The summed E-state index contributed by atoms with van der Waals surface area (Å²) in [5, 5.41) is 3.15. The lowest BCUT2D eigenvalue weighted by atomic mass is 11.0. The number of hydrogen-bond donors (Lipinski definition) is 0. The van der Waals surface area contributed by atoms with E-state index < -0.39 is 6.03 Å². The topological polar surface area (TPSA) is 45.3 Å². The van der Waals surface area contributed by atoms with Gasteiger partial charge in [-0.1, -0.05) is 0 Å². The molecule has 0 saturated carbocycles. The third-order valence-corrected chi connectivity index (χ3v) is 0.567. The molecule has 0 rings (SSSR count). The molecule has 34 valence electrons. The van der Waals surface area contributed by atoms with E-state index >= 15 is 0 Å². The van der Waals surface area contributed by atoms with Gasteiger partial charge < -0.3 is 0 Å². The largest absolute Gasteiger partial charge is 0.369 e. The first kappa shape index (κ1) is 5.75. The SMILES string of the molecule is C[N]C(=O)[N]Br. The van der Waals surface area contributed by atoms with Crippen molar-refractivity contribution in [2.45, 2.75) is 0 Å². The maximum absolute atomic E-state index is 9.80. The summed E-state index contributed by atoms with van der Waals surface area (Å²) in [7, 11) is 1.38. The average Bonchev–Trinajstić information content (AvgIpc) is 1.65. The van der Waals surface area contributed by atoms with Gasteiger partial charge in [0.15, 0.2) is 0 Å². The molecule has 0 aromatic carbocycles. The van der Waals surface area contributed by atoms with E-state index in [1.54, 1.807) is 0 Å². The predicted octanol–water partition coefficient (Wildman–Crippen LogP) is 0.255. The number of carbonyl (C=O) groups is 1. The van der Waals surface area contributed by atoms with Crippen LogP contribution in [0.1, 0.15) is 0 Å². The van der Waals surface area contributed by atoms with Crippen molar-refractivity contribution in [2.75, 3.05) is 7.05 Å². The van der Waals surface area contributed by atoms with Crippen molar-refractivity contribution < 1.29 is 4.79 Å². The molecule has 0 saturated heterocycles. The summed E-state index contributed by atoms with van der Waals surface area (Å²) < 4.78 is 3.01. The highest BCUT2D eigenvalue weighted by atomic mass is 79.9. The van der Waals surface area contributed by atoms with Crippen molar-refractivity contribution in [3.63, 3.8) is 0 Å². The van der Waals surface area contributed by atoms with Crippen LogP contribution in [0.25, 0.3) is 0 Å². The van der Waals surface area contributed by atoms with Gasteiger partial charge in [0.25, 0.3) is 0 Å². The quantitative estimate of drug-likeness (QED) is 0.489. The zero-order valence-electron chi connectivity index (χ0n) is 3.18. The van der Waals surface area contributed by atoms with Gasteiger partial charge >= 0.3 is 6.03 Å². The summed E-state index contributed by atoms with van der Waals surface area (Å²) in [5.41, 5.74) is 0. The lowest BCUT2D eigenvalue weighted by molar-refractivity contribution is 0.247. The van der Waals surface area contributed by atoms with Crippen molar-refractivity contribution >= 4 is 22.2 Å². The Kier molecular flexibility index (Phi) is 2.84. The van der Waals surface area contributed by atoms with Gasteiger partial charge in [-0.2, -0.15) is 0 Å². The lowest BCUT2D eigenvalue weighted by Crippen LogP contribution is -2.12. The Labute approximate surface area is 44.4 Å². The Morgan fingerprint density at radius 1 is 1.83 bits per heavy atom. The third-order valence-electron chi connectivity index (χ3n) is 0.264. The molecule has 2 amide bonds. The molecule has 0 aliphatic carbocycles. The van der Waals surface area contributed by atoms with Gasteiger partial charge in [0, 0.05) is 7.05 Å². The minimum atomic E-state index is -0.491. The van der Waals surface area contributed by atoms with Crippen molar-refractivity contribution in [3.8, 4) is 0 Å². The summed E-state index contributed by atoms with van der Waals surface area (Å²) >= 11 is 2.56. The molecular formula is C2H3BrN2O. The van der Waals surface area contributed by atoms with E-state index in [0.717, 1.165) is 0 Å². The van der Waals surface area contributed by atoms with Crippen molar-refractivity contribution in [2.24, 2.45) is 0 Å². The smallest absolute Gasteiger partial charge is 0.244 e. The number of hydrogen-bond acceptors (Lipinski definition) is 1. The van der Waals surface area contributed by atoms with E-state index in [4.69, 9.17) is 0 Å².